The fourth-order valence-corrected chi connectivity index (χ4v) is 4.19. The van der Waals surface area contributed by atoms with E-state index in [2.05, 4.69) is 13.8 Å². The first kappa shape index (κ1) is 13.4. The molecule has 0 aromatic carbocycles. The molecule has 100 valence electrons. The van der Waals surface area contributed by atoms with Crippen molar-refractivity contribution in [3.8, 4) is 0 Å². The van der Waals surface area contributed by atoms with Crippen molar-refractivity contribution in [3.63, 3.8) is 0 Å². The van der Waals surface area contributed by atoms with E-state index in [1.165, 1.54) is 38.5 Å². The summed E-state index contributed by atoms with van der Waals surface area (Å²) in [6.07, 6.45) is 9.25. The zero-order valence-corrected chi connectivity index (χ0v) is 11.6. The van der Waals surface area contributed by atoms with Crippen molar-refractivity contribution >= 4 is 0 Å². The summed E-state index contributed by atoms with van der Waals surface area (Å²) in [5.41, 5.74) is 12.7. The van der Waals surface area contributed by atoms with E-state index in [1.807, 2.05) is 0 Å². The largest absolute Gasteiger partial charge is 0.326 e. The van der Waals surface area contributed by atoms with Gasteiger partial charge in [-0.3, -0.25) is 0 Å². The normalized spacial score (nSPS) is 48.7. The molecular formula is C15H30N2. The highest BCUT2D eigenvalue weighted by Crippen LogP contribution is 2.41. The Balaban J connectivity index is 2.17. The van der Waals surface area contributed by atoms with Crippen LogP contribution in [0.2, 0.25) is 0 Å². The molecule has 2 fully saturated rings. The quantitative estimate of drug-likeness (QED) is 0.682. The van der Waals surface area contributed by atoms with E-state index in [0.29, 0.717) is 5.92 Å². The number of hydrogen-bond donors (Lipinski definition) is 2. The van der Waals surface area contributed by atoms with Crippen LogP contribution in [0.5, 0.6) is 0 Å². The van der Waals surface area contributed by atoms with Gasteiger partial charge < -0.3 is 11.5 Å². The second kappa shape index (κ2) is 5.71. The molecule has 0 amide bonds. The summed E-state index contributed by atoms with van der Waals surface area (Å²) in [5, 5.41) is 0. The van der Waals surface area contributed by atoms with Crippen LogP contribution in [0.1, 0.15) is 58.8 Å². The third-order valence-electron chi connectivity index (χ3n) is 5.63. The first-order chi connectivity index (χ1) is 8.11. The minimum absolute atomic E-state index is 0.243. The predicted octanol–water partition coefficient (Wildman–Crippen LogP) is 2.90. The molecule has 2 aliphatic rings. The van der Waals surface area contributed by atoms with E-state index in [9.17, 15) is 0 Å². The van der Waals surface area contributed by atoms with Crippen LogP contribution in [0.25, 0.3) is 0 Å². The van der Waals surface area contributed by atoms with Gasteiger partial charge in [0.25, 0.3) is 0 Å². The molecule has 17 heavy (non-hydrogen) atoms. The molecule has 6 atom stereocenters. The van der Waals surface area contributed by atoms with Gasteiger partial charge in [0.15, 0.2) is 0 Å². The molecule has 2 rings (SSSR count). The Labute approximate surface area is 107 Å². The van der Waals surface area contributed by atoms with Gasteiger partial charge in [-0.15, -0.1) is 0 Å². The Morgan fingerprint density at radius 2 is 1.41 bits per heavy atom. The van der Waals surface area contributed by atoms with Gasteiger partial charge in [0.05, 0.1) is 0 Å². The lowest BCUT2D eigenvalue weighted by Gasteiger charge is -2.39. The van der Waals surface area contributed by atoms with Crippen LogP contribution in [-0.2, 0) is 0 Å². The Hall–Kier alpha value is -0.0800. The van der Waals surface area contributed by atoms with E-state index in [0.717, 1.165) is 24.2 Å². The molecule has 6 unspecified atom stereocenters. The minimum Gasteiger partial charge on any atom is -0.326 e. The molecule has 0 aromatic rings. The Morgan fingerprint density at radius 3 is 2.18 bits per heavy atom. The van der Waals surface area contributed by atoms with Crippen molar-refractivity contribution in [2.75, 3.05) is 0 Å². The Kier molecular flexibility index (Phi) is 4.48. The molecule has 2 heteroatoms. The molecule has 0 heterocycles. The van der Waals surface area contributed by atoms with Crippen molar-refractivity contribution in [2.45, 2.75) is 70.9 Å². The summed E-state index contributed by atoms with van der Waals surface area (Å²) >= 11 is 0. The summed E-state index contributed by atoms with van der Waals surface area (Å²) in [5.74, 6) is 3.21. The fraction of sp³-hybridized carbons (Fsp3) is 1.00. The van der Waals surface area contributed by atoms with Crippen molar-refractivity contribution in [1.29, 1.82) is 0 Å². The molecule has 0 saturated heterocycles. The summed E-state index contributed by atoms with van der Waals surface area (Å²) < 4.78 is 0. The zero-order chi connectivity index (χ0) is 12.4. The van der Waals surface area contributed by atoms with Crippen LogP contribution < -0.4 is 11.5 Å². The predicted molar refractivity (Wildman–Crippen MR) is 73.6 cm³/mol. The van der Waals surface area contributed by atoms with Gasteiger partial charge in [0, 0.05) is 12.1 Å². The highest BCUT2D eigenvalue weighted by molar-refractivity contribution is 4.93. The lowest BCUT2D eigenvalue weighted by molar-refractivity contribution is 0.124. The monoisotopic (exact) mass is 238 g/mol. The van der Waals surface area contributed by atoms with E-state index in [4.69, 9.17) is 11.5 Å². The maximum atomic E-state index is 6.44. The second-order valence-electron chi connectivity index (χ2n) is 6.62. The molecule has 0 spiro atoms. The van der Waals surface area contributed by atoms with E-state index >= 15 is 0 Å². The Morgan fingerprint density at radius 1 is 0.765 bits per heavy atom. The summed E-state index contributed by atoms with van der Waals surface area (Å²) in [4.78, 5) is 0. The molecule has 0 aliphatic heterocycles. The van der Waals surface area contributed by atoms with E-state index in [1.54, 1.807) is 0 Å². The van der Waals surface area contributed by atoms with Crippen LogP contribution in [0, 0.1) is 23.7 Å². The lowest BCUT2D eigenvalue weighted by Crippen LogP contribution is -2.48. The lowest BCUT2D eigenvalue weighted by atomic mass is 9.68. The highest BCUT2D eigenvalue weighted by Gasteiger charge is 2.38. The maximum Gasteiger partial charge on any atom is 0.0223 e. The third kappa shape index (κ3) is 2.85. The molecule has 2 saturated carbocycles. The van der Waals surface area contributed by atoms with Gasteiger partial charge in [-0.1, -0.05) is 39.5 Å². The molecule has 0 radical (unpaired) electrons. The second-order valence-corrected chi connectivity index (χ2v) is 6.62. The van der Waals surface area contributed by atoms with Crippen molar-refractivity contribution < 1.29 is 0 Å². The van der Waals surface area contributed by atoms with Gasteiger partial charge in [0.1, 0.15) is 0 Å². The topological polar surface area (TPSA) is 52.0 Å². The standard InChI is InChI=1S/C15H30N2/c1-10-6-3-4-7-13-12(11(10)2)8-5-9-14(16)15(13)17/h10-15H,3-9,16-17H2,1-2H3. The summed E-state index contributed by atoms with van der Waals surface area (Å²) in [7, 11) is 0. The van der Waals surface area contributed by atoms with Crippen LogP contribution in [0.3, 0.4) is 0 Å². The van der Waals surface area contributed by atoms with Crippen molar-refractivity contribution in [2.24, 2.45) is 35.1 Å². The van der Waals surface area contributed by atoms with Gasteiger partial charge in [-0.25, -0.2) is 0 Å². The van der Waals surface area contributed by atoms with Gasteiger partial charge >= 0.3 is 0 Å². The third-order valence-corrected chi connectivity index (χ3v) is 5.63. The van der Waals surface area contributed by atoms with Gasteiger partial charge in [-0.05, 0) is 42.9 Å². The van der Waals surface area contributed by atoms with Crippen LogP contribution >= 0.6 is 0 Å². The SMILES string of the molecule is CC1CCCCC2C(N)C(N)CCCC2C1C. The Bertz CT molecular complexity index is 239. The average molecular weight is 238 g/mol. The van der Waals surface area contributed by atoms with Crippen molar-refractivity contribution in [1.82, 2.24) is 0 Å². The van der Waals surface area contributed by atoms with E-state index in [-0.39, 0.29) is 12.1 Å². The van der Waals surface area contributed by atoms with Crippen LogP contribution in [0.15, 0.2) is 0 Å². The first-order valence-corrected chi connectivity index (χ1v) is 7.62. The highest BCUT2D eigenvalue weighted by atomic mass is 14.8. The summed E-state index contributed by atoms with van der Waals surface area (Å²) in [6.45, 7) is 4.89. The molecular weight excluding hydrogens is 208 g/mol. The number of nitrogens with two attached hydrogens (primary N) is 2. The minimum atomic E-state index is 0.243. The van der Waals surface area contributed by atoms with Crippen LogP contribution in [0.4, 0.5) is 0 Å². The first-order valence-electron chi connectivity index (χ1n) is 7.62. The smallest absolute Gasteiger partial charge is 0.0223 e. The molecule has 2 aliphatic carbocycles. The van der Waals surface area contributed by atoms with Crippen LogP contribution in [-0.4, -0.2) is 12.1 Å². The molecule has 0 bridgehead atoms. The molecule has 4 N–H and O–H groups in total. The van der Waals surface area contributed by atoms with E-state index < -0.39 is 0 Å². The number of hydrogen-bond acceptors (Lipinski definition) is 2. The average Bonchev–Trinajstić information content (AvgIpc) is 2.44. The zero-order valence-electron chi connectivity index (χ0n) is 11.6. The fourth-order valence-electron chi connectivity index (χ4n) is 4.19. The molecule has 2 nitrogen and oxygen atoms in total. The van der Waals surface area contributed by atoms with Crippen molar-refractivity contribution in [3.05, 3.63) is 0 Å². The molecule has 0 aromatic heterocycles. The van der Waals surface area contributed by atoms with Gasteiger partial charge in [0.2, 0.25) is 0 Å². The number of fused-ring (bicyclic) bond motifs is 1. The maximum absolute atomic E-state index is 6.44. The summed E-state index contributed by atoms with van der Waals surface area (Å²) in [6, 6.07) is 0.488. The number of rotatable bonds is 0. The van der Waals surface area contributed by atoms with Gasteiger partial charge in [-0.2, -0.15) is 0 Å².